The van der Waals surface area contributed by atoms with E-state index in [1.807, 2.05) is 6.08 Å². The molecular weight excluding hydrogens is 361 g/mol. The number of halogens is 1. The number of ether oxygens (including phenoxy) is 1. The van der Waals surface area contributed by atoms with E-state index in [0.717, 1.165) is 44.6 Å². The fourth-order valence-electron chi connectivity index (χ4n) is 4.74. The van der Waals surface area contributed by atoms with Gasteiger partial charge in [-0.05, 0) is 92.7 Å². The van der Waals surface area contributed by atoms with E-state index in [2.05, 4.69) is 31.2 Å². The molecule has 0 N–H and O–H groups in total. The van der Waals surface area contributed by atoms with E-state index in [1.54, 1.807) is 6.08 Å². The molecular formula is C26H34FNO. The second-order valence-corrected chi connectivity index (χ2v) is 8.69. The summed E-state index contributed by atoms with van der Waals surface area (Å²) in [6, 6.07) is 10.7. The number of hydrogen-bond donors (Lipinski definition) is 0. The van der Waals surface area contributed by atoms with Crippen LogP contribution in [0.2, 0.25) is 0 Å². The molecule has 0 radical (unpaired) electrons. The van der Waals surface area contributed by atoms with Crippen LogP contribution in [0.15, 0.2) is 48.3 Å². The maximum Gasteiger partial charge on any atom is 0.199 e. The van der Waals surface area contributed by atoms with Gasteiger partial charge in [0.1, 0.15) is 6.07 Å². The summed E-state index contributed by atoms with van der Waals surface area (Å²) in [5.74, 6) is 1.18. The van der Waals surface area contributed by atoms with E-state index >= 15 is 0 Å². The number of benzene rings is 1. The number of rotatable bonds is 7. The minimum Gasteiger partial charge on any atom is -0.378 e. The van der Waals surface area contributed by atoms with Gasteiger partial charge in [0.2, 0.25) is 0 Å². The summed E-state index contributed by atoms with van der Waals surface area (Å²) in [5, 5.41) is 8.42. The molecule has 156 valence electrons. The molecule has 29 heavy (non-hydrogen) atoms. The average molecular weight is 396 g/mol. The topological polar surface area (TPSA) is 33.0 Å². The summed E-state index contributed by atoms with van der Waals surface area (Å²) in [6.45, 7) is 3.11. The van der Waals surface area contributed by atoms with Crippen molar-refractivity contribution in [2.75, 3.05) is 6.61 Å². The second-order valence-electron chi connectivity index (χ2n) is 8.69. The molecule has 0 heterocycles. The van der Waals surface area contributed by atoms with Crippen LogP contribution in [-0.2, 0) is 11.2 Å². The summed E-state index contributed by atoms with van der Waals surface area (Å²) < 4.78 is 19.1. The Labute approximate surface area is 175 Å². The lowest BCUT2D eigenvalue weighted by Crippen LogP contribution is -2.25. The maximum absolute atomic E-state index is 12.8. The zero-order valence-corrected chi connectivity index (χ0v) is 17.7. The van der Waals surface area contributed by atoms with Crippen LogP contribution in [0.3, 0.4) is 0 Å². The molecule has 2 saturated carbocycles. The number of nitrogens with zero attached hydrogens (tertiary/aromatic N) is 1. The highest BCUT2D eigenvalue weighted by atomic mass is 19.1. The molecule has 0 saturated heterocycles. The predicted octanol–water partition coefficient (Wildman–Crippen LogP) is 7.03. The first-order valence-corrected chi connectivity index (χ1v) is 11.3. The third-order valence-corrected chi connectivity index (χ3v) is 6.73. The summed E-state index contributed by atoms with van der Waals surface area (Å²) in [7, 11) is 0. The first kappa shape index (κ1) is 21.8. The molecule has 0 aliphatic heterocycles. The van der Waals surface area contributed by atoms with E-state index in [-0.39, 0.29) is 0 Å². The quantitative estimate of drug-likeness (QED) is 0.367. The zero-order valence-electron chi connectivity index (χ0n) is 17.7. The Kier molecular flexibility index (Phi) is 8.50. The Morgan fingerprint density at radius 2 is 1.76 bits per heavy atom. The van der Waals surface area contributed by atoms with Gasteiger partial charge in [0, 0.05) is 6.61 Å². The molecule has 0 amide bonds. The standard InChI is InChI=1S/C26H34FNO/c1-2-20-6-12-23(13-7-20)24-14-8-22(9-15-24)19-29-26-16-10-21(11-17-26)4-3-5-25(27)18-28/h3-7,12-13,21-22,24,26H,2,8-11,14-17,19H2,1H3/t21-,22-,24-,26-. The average Bonchev–Trinajstić information content (AvgIpc) is 2.79. The Bertz CT molecular complexity index is 714. The van der Waals surface area contributed by atoms with Crippen LogP contribution in [0.4, 0.5) is 4.39 Å². The zero-order chi connectivity index (χ0) is 20.5. The third-order valence-electron chi connectivity index (χ3n) is 6.73. The van der Waals surface area contributed by atoms with Gasteiger partial charge in [-0.15, -0.1) is 0 Å². The van der Waals surface area contributed by atoms with Gasteiger partial charge in [0.15, 0.2) is 5.83 Å². The molecule has 1 aromatic carbocycles. The molecule has 0 atom stereocenters. The Morgan fingerprint density at radius 3 is 2.38 bits per heavy atom. The van der Waals surface area contributed by atoms with Gasteiger partial charge in [-0.1, -0.05) is 43.3 Å². The van der Waals surface area contributed by atoms with Crippen molar-refractivity contribution in [3.63, 3.8) is 0 Å². The number of aryl methyl sites for hydroxylation is 1. The minimum atomic E-state index is -0.731. The fourth-order valence-corrected chi connectivity index (χ4v) is 4.74. The first-order valence-electron chi connectivity index (χ1n) is 11.3. The molecule has 2 aliphatic rings. The lowest BCUT2D eigenvalue weighted by molar-refractivity contribution is -0.00456. The van der Waals surface area contributed by atoms with Crippen molar-refractivity contribution < 1.29 is 9.13 Å². The fraction of sp³-hybridized carbons (Fsp3) is 0.577. The van der Waals surface area contributed by atoms with Gasteiger partial charge >= 0.3 is 0 Å². The van der Waals surface area contributed by atoms with E-state index < -0.39 is 5.83 Å². The highest BCUT2D eigenvalue weighted by Gasteiger charge is 2.25. The summed E-state index contributed by atoms with van der Waals surface area (Å²) in [6.07, 6.45) is 15.9. The van der Waals surface area contributed by atoms with Crippen LogP contribution in [0.1, 0.15) is 75.3 Å². The molecule has 0 aromatic heterocycles. The van der Waals surface area contributed by atoms with Gasteiger partial charge in [-0.2, -0.15) is 9.65 Å². The molecule has 3 heteroatoms. The van der Waals surface area contributed by atoms with Crippen molar-refractivity contribution in [2.45, 2.75) is 76.7 Å². The van der Waals surface area contributed by atoms with Crippen molar-refractivity contribution in [1.82, 2.24) is 0 Å². The normalized spacial score (nSPS) is 28.4. The van der Waals surface area contributed by atoms with Gasteiger partial charge in [0.05, 0.1) is 6.10 Å². The SMILES string of the molecule is CCc1ccc([C@H]2CC[C@H](CO[C@H]3CC[C@H](C=CC=C(F)C#N)CC3)CC2)cc1. The molecule has 1 aromatic rings. The lowest BCUT2D eigenvalue weighted by atomic mass is 9.79. The molecule has 3 rings (SSSR count). The van der Waals surface area contributed by atoms with Crippen molar-refractivity contribution in [1.29, 1.82) is 5.26 Å². The van der Waals surface area contributed by atoms with Gasteiger partial charge in [-0.3, -0.25) is 0 Å². The number of allylic oxidation sites excluding steroid dienone is 4. The summed E-state index contributed by atoms with van der Waals surface area (Å²) in [4.78, 5) is 0. The van der Waals surface area contributed by atoms with Gasteiger partial charge < -0.3 is 4.74 Å². The maximum atomic E-state index is 12.8. The van der Waals surface area contributed by atoms with Crippen molar-refractivity contribution in [2.24, 2.45) is 11.8 Å². The van der Waals surface area contributed by atoms with E-state index in [4.69, 9.17) is 10.00 Å². The van der Waals surface area contributed by atoms with Crippen molar-refractivity contribution >= 4 is 0 Å². The highest BCUT2D eigenvalue weighted by Crippen LogP contribution is 2.36. The monoisotopic (exact) mass is 395 g/mol. The van der Waals surface area contributed by atoms with Crippen LogP contribution < -0.4 is 0 Å². The molecule has 2 aliphatic carbocycles. The Morgan fingerprint density at radius 1 is 1.07 bits per heavy atom. The molecule has 0 spiro atoms. The number of hydrogen-bond acceptors (Lipinski definition) is 2. The van der Waals surface area contributed by atoms with Crippen LogP contribution in [0.5, 0.6) is 0 Å². The summed E-state index contributed by atoms with van der Waals surface area (Å²) >= 11 is 0. The second kappa shape index (κ2) is 11.3. The Balaban J connectivity index is 1.33. The van der Waals surface area contributed by atoms with Crippen molar-refractivity contribution in [3.8, 4) is 6.07 Å². The smallest absolute Gasteiger partial charge is 0.199 e. The molecule has 0 bridgehead atoms. The highest BCUT2D eigenvalue weighted by molar-refractivity contribution is 5.25. The summed E-state index contributed by atoms with van der Waals surface area (Å²) in [5.41, 5.74) is 2.93. The predicted molar refractivity (Wildman–Crippen MR) is 116 cm³/mol. The molecule has 2 nitrogen and oxygen atoms in total. The van der Waals surface area contributed by atoms with Gasteiger partial charge in [-0.25, -0.2) is 0 Å². The first-order chi connectivity index (χ1) is 14.2. The van der Waals surface area contributed by atoms with E-state index in [9.17, 15) is 4.39 Å². The Hall–Kier alpha value is -1.92. The van der Waals surface area contributed by atoms with Crippen LogP contribution in [0, 0.1) is 23.2 Å². The molecule has 2 fully saturated rings. The minimum absolute atomic E-state index is 0.380. The third kappa shape index (κ3) is 6.82. The number of nitriles is 1. The van der Waals surface area contributed by atoms with Crippen LogP contribution in [-0.4, -0.2) is 12.7 Å². The van der Waals surface area contributed by atoms with Gasteiger partial charge in [0.25, 0.3) is 0 Å². The molecule has 0 unspecified atom stereocenters. The van der Waals surface area contributed by atoms with Crippen molar-refractivity contribution in [3.05, 3.63) is 59.4 Å². The van der Waals surface area contributed by atoms with Crippen LogP contribution in [0.25, 0.3) is 0 Å². The largest absolute Gasteiger partial charge is 0.378 e. The van der Waals surface area contributed by atoms with E-state index in [1.165, 1.54) is 49.0 Å². The lowest BCUT2D eigenvalue weighted by Gasteiger charge is -2.32. The van der Waals surface area contributed by atoms with E-state index in [0.29, 0.717) is 17.9 Å². The van der Waals surface area contributed by atoms with Crippen LogP contribution >= 0.6 is 0 Å².